The Morgan fingerprint density at radius 2 is 1.96 bits per heavy atom. The SMILES string of the molecule is COCCN=C(NCCc1ccco1)N1CCc2cc(OC)c(OC)cc2C1. The van der Waals surface area contributed by atoms with Gasteiger partial charge in [0.15, 0.2) is 17.5 Å². The summed E-state index contributed by atoms with van der Waals surface area (Å²) >= 11 is 0. The second-order valence-electron chi connectivity index (χ2n) is 6.60. The molecule has 0 saturated heterocycles. The summed E-state index contributed by atoms with van der Waals surface area (Å²) in [5.74, 6) is 3.39. The van der Waals surface area contributed by atoms with Crippen LogP contribution in [0.2, 0.25) is 0 Å². The van der Waals surface area contributed by atoms with Gasteiger partial charge in [0, 0.05) is 33.2 Å². The molecule has 152 valence electrons. The first kappa shape index (κ1) is 20.1. The number of rotatable bonds is 8. The fourth-order valence-electron chi connectivity index (χ4n) is 3.33. The standard InChI is InChI=1S/C21H29N3O4/c1-25-12-9-23-21(22-8-6-18-5-4-11-28-18)24-10-7-16-13-19(26-2)20(27-3)14-17(16)15-24/h4-5,11,13-14H,6-10,12,15H2,1-3H3,(H,22,23). The first-order valence-electron chi connectivity index (χ1n) is 9.53. The number of ether oxygens (including phenoxy) is 3. The van der Waals surface area contributed by atoms with E-state index in [0.717, 1.165) is 55.7 Å². The van der Waals surface area contributed by atoms with Crippen LogP contribution in [0.5, 0.6) is 11.5 Å². The lowest BCUT2D eigenvalue weighted by molar-refractivity contribution is 0.207. The number of aliphatic imine (C=N–C) groups is 1. The van der Waals surface area contributed by atoms with Gasteiger partial charge in [-0.2, -0.15) is 0 Å². The van der Waals surface area contributed by atoms with Crippen molar-refractivity contribution in [2.75, 3.05) is 47.6 Å². The van der Waals surface area contributed by atoms with Crippen LogP contribution in [0.25, 0.3) is 0 Å². The first-order valence-corrected chi connectivity index (χ1v) is 9.53. The molecule has 7 heteroatoms. The molecule has 0 unspecified atom stereocenters. The maximum atomic E-state index is 5.47. The second kappa shape index (κ2) is 10.0. The van der Waals surface area contributed by atoms with Gasteiger partial charge in [-0.1, -0.05) is 0 Å². The van der Waals surface area contributed by atoms with E-state index in [0.29, 0.717) is 13.2 Å². The van der Waals surface area contributed by atoms with Crippen molar-refractivity contribution in [2.45, 2.75) is 19.4 Å². The Kier molecular flexibility index (Phi) is 7.19. The molecule has 0 aliphatic carbocycles. The van der Waals surface area contributed by atoms with Gasteiger partial charge in [0.25, 0.3) is 0 Å². The van der Waals surface area contributed by atoms with Crippen molar-refractivity contribution in [3.05, 3.63) is 47.4 Å². The van der Waals surface area contributed by atoms with E-state index in [4.69, 9.17) is 23.6 Å². The summed E-state index contributed by atoms with van der Waals surface area (Å²) in [5.41, 5.74) is 2.52. The Hall–Kier alpha value is -2.67. The number of furan rings is 1. The summed E-state index contributed by atoms with van der Waals surface area (Å²) in [5, 5.41) is 3.47. The van der Waals surface area contributed by atoms with Crippen LogP contribution in [-0.2, 0) is 24.1 Å². The van der Waals surface area contributed by atoms with Gasteiger partial charge < -0.3 is 28.8 Å². The monoisotopic (exact) mass is 387 g/mol. The van der Waals surface area contributed by atoms with Crippen LogP contribution in [0.3, 0.4) is 0 Å². The van der Waals surface area contributed by atoms with Crippen molar-refractivity contribution in [3.8, 4) is 11.5 Å². The molecule has 3 rings (SSSR count). The zero-order valence-corrected chi connectivity index (χ0v) is 16.9. The molecule has 2 heterocycles. The van der Waals surface area contributed by atoms with Gasteiger partial charge in [-0.25, -0.2) is 0 Å². The van der Waals surface area contributed by atoms with Crippen LogP contribution in [0.4, 0.5) is 0 Å². The molecule has 0 saturated carbocycles. The van der Waals surface area contributed by atoms with Crippen LogP contribution < -0.4 is 14.8 Å². The Morgan fingerprint density at radius 1 is 1.18 bits per heavy atom. The Morgan fingerprint density at radius 3 is 2.64 bits per heavy atom. The molecule has 0 amide bonds. The molecule has 1 aromatic carbocycles. The van der Waals surface area contributed by atoms with E-state index in [1.807, 2.05) is 12.1 Å². The largest absolute Gasteiger partial charge is 0.493 e. The number of benzene rings is 1. The van der Waals surface area contributed by atoms with Gasteiger partial charge >= 0.3 is 0 Å². The fraction of sp³-hybridized carbons (Fsp3) is 0.476. The predicted octanol–water partition coefficient (Wildman–Crippen LogP) is 2.49. The van der Waals surface area contributed by atoms with Gasteiger partial charge in [0.1, 0.15) is 5.76 Å². The molecule has 1 N–H and O–H groups in total. The van der Waals surface area contributed by atoms with Crippen molar-refractivity contribution >= 4 is 5.96 Å². The lowest BCUT2D eigenvalue weighted by Crippen LogP contribution is -2.45. The van der Waals surface area contributed by atoms with Crippen molar-refractivity contribution < 1.29 is 18.6 Å². The lowest BCUT2D eigenvalue weighted by Gasteiger charge is -2.32. The minimum atomic E-state index is 0.596. The van der Waals surface area contributed by atoms with Gasteiger partial charge in [-0.05, 0) is 41.8 Å². The Labute approximate surface area is 166 Å². The van der Waals surface area contributed by atoms with E-state index in [-0.39, 0.29) is 0 Å². The summed E-state index contributed by atoms with van der Waals surface area (Å²) in [6, 6.07) is 8.04. The maximum Gasteiger partial charge on any atom is 0.194 e. The van der Waals surface area contributed by atoms with Crippen LogP contribution in [-0.4, -0.2) is 58.4 Å². The van der Waals surface area contributed by atoms with E-state index in [1.54, 1.807) is 27.6 Å². The third kappa shape index (κ3) is 4.98. The second-order valence-corrected chi connectivity index (χ2v) is 6.60. The van der Waals surface area contributed by atoms with Crippen molar-refractivity contribution in [1.29, 1.82) is 0 Å². The van der Waals surface area contributed by atoms with Crippen LogP contribution >= 0.6 is 0 Å². The topological polar surface area (TPSA) is 68.5 Å². The summed E-state index contributed by atoms with van der Waals surface area (Å²) in [6.07, 6.45) is 3.44. The average molecular weight is 387 g/mol. The third-order valence-corrected chi connectivity index (χ3v) is 4.81. The summed E-state index contributed by atoms with van der Waals surface area (Å²) in [6.45, 7) is 3.64. The van der Waals surface area contributed by atoms with Gasteiger partial charge in [0.2, 0.25) is 0 Å². The zero-order chi connectivity index (χ0) is 19.8. The summed E-state index contributed by atoms with van der Waals surface area (Å²) < 4.78 is 21.5. The molecule has 1 aliphatic rings. The quantitative estimate of drug-likeness (QED) is 0.426. The normalized spacial score (nSPS) is 14.0. The molecule has 1 aromatic heterocycles. The zero-order valence-electron chi connectivity index (χ0n) is 16.9. The highest BCUT2D eigenvalue weighted by molar-refractivity contribution is 5.80. The van der Waals surface area contributed by atoms with Gasteiger partial charge in [0.05, 0.1) is 33.6 Å². The molecular weight excluding hydrogens is 358 g/mol. The van der Waals surface area contributed by atoms with Crippen LogP contribution in [0.15, 0.2) is 39.9 Å². The molecule has 2 aromatic rings. The minimum Gasteiger partial charge on any atom is -0.493 e. The Bertz CT molecular complexity index is 774. The maximum absolute atomic E-state index is 5.47. The molecule has 0 radical (unpaired) electrons. The van der Waals surface area contributed by atoms with E-state index in [1.165, 1.54) is 11.1 Å². The van der Waals surface area contributed by atoms with E-state index in [2.05, 4.69) is 22.3 Å². The molecule has 0 fully saturated rings. The molecular formula is C21H29N3O4. The van der Waals surface area contributed by atoms with E-state index in [9.17, 15) is 0 Å². The van der Waals surface area contributed by atoms with Crippen molar-refractivity contribution in [2.24, 2.45) is 4.99 Å². The predicted molar refractivity (Wildman–Crippen MR) is 108 cm³/mol. The Balaban J connectivity index is 1.70. The number of hydrogen-bond donors (Lipinski definition) is 1. The number of nitrogens with zero attached hydrogens (tertiary/aromatic N) is 2. The molecule has 1 aliphatic heterocycles. The van der Waals surface area contributed by atoms with Crippen molar-refractivity contribution in [1.82, 2.24) is 10.2 Å². The highest BCUT2D eigenvalue weighted by Crippen LogP contribution is 2.33. The molecule has 0 bridgehead atoms. The van der Waals surface area contributed by atoms with Crippen LogP contribution in [0.1, 0.15) is 16.9 Å². The highest BCUT2D eigenvalue weighted by Gasteiger charge is 2.21. The summed E-state index contributed by atoms with van der Waals surface area (Å²) in [4.78, 5) is 7.00. The first-order chi connectivity index (χ1) is 13.7. The number of fused-ring (bicyclic) bond motifs is 1. The van der Waals surface area contributed by atoms with Crippen LogP contribution in [0, 0.1) is 0 Å². The third-order valence-electron chi connectivity index (χ3n) is 4.81. The molecule has 0 atom stereocenters. The minimum absolute atomic E-state index is 0.596. The molecule has 28 heavy (non-hydrogen) atoms. The number of hydrogen-bond acceptors (Lipinski definition) is 5. The molecule has 7 nitrogen and oxygen atoms in total. The number of methoxy groups -OCH3 is 3. The molecule has 0 spiro atoms. The smallest absolute Gasteiger partial charge is 0.194 e. The van der Waals surface area contributed by atoms with Crippen molar-refractivity contribution in [3.63, 3.8) is 0 Å². The highest BCUT2D eigenvalue weighted by atomic mass is 16.5. The number of guanidine groups is 1. The van der Waals surface area contributed by atoms with E-state index < -0.39 is 0 Å². The summed E-state index contributed by atoms with van der Waals surface area (Å²) in [7, 11) is 5.03. The van der Waals surface area contributed by atoms with Gasteiger partial charge in [-0.3, -0.25) is 4.99 Å². The number of nitrogens with one attached hydrogen (secondary N) is 1. The van der Waals surface area contributed by atoms with Gasteiger partial charge in [-0.15, -0.1) is 0 Å². The fourth-order valence-corrected chi connectivity index (χ4v) is 3.33. The van der Waals surface area contributed by atoms with E-state index >= 15 is 0 Å². The average Bonchev–Trinajstić information content (AvgIpc) is 3.24. The lowest BCUT2D eigenvalue weighted by atomic mass is 9.99.